The summed E-state index contributed by atoms with van der Waals surface area (Å²) in [6.45, 7) is 4.56. The van der Waals surface area contributed by atoms with Crippen molar-refractivity contribution >= 4 is 5.69 Å². The monoisotopic (exact) mass is 244 g/mol. The topological polar surface area (TPSA) is 29.3 Å². The fraction of sp³-hybridized carbons (Fsp3) is 0.625. The van der Waals surface area contributed by atoms with Gasteiger partial charge in [-0.2, -0.15) is 0 Å². The molecule has 2 aliphatic carbocycles. The molecule has 1 aromatic rings. The Morgan fingerprint density at radius 2 is 1.56 bits per heavy atom. The molecule has 1 atom stereocenters. The van der Waals surface area contributed by atoms with E-state index in [-0.39, 0.29) is 6.04 Å². The molecular weight excluding hydrogens is 220 g/mol. The van der Waals surface area contributed by atoms with Gasteiger partial charge >= 0.3 is 0 Å². The van der Waals surface area contributed by atoms with Gasteiger partial charge in [-0.15, -0.1) is 0 Å². The molecule has 0 aromatic heterocycles. The number of hydrogen-bond acceptors (Lipinski definition) is 2. The number of nitrogens with zero attached hydrogens (tertiary/aromatic N) is 1. The first-order chi connectivity index (χ1) is 8.72. The van der Waals surface area contributed by atoms with Crippen molar-refractivity contribution in [1.29, 1.82) is 0 Å². The van der Waals surface area contributed by atoms with Crippen LogP contribution in [-0.2, 0) is 0 Å². The van der Waals surface area contributed by atoms with Gasteiger partial charge in [-0.3, -0.25) is 0 Å². The summed E-state index contributed by atoms with van der Waals surface area (Å²) in [4.78, 5) is 2.60. The summed E-state index contributed by atoms with van der Waals surface area (Å²) in [7, 11) is 0. The van der Waals surface area contributed by atoms with E-state index in [1.165, 1.54) is 50.0 Å². The first kappa shape index (κ1) is 12.0. The number of nitrogens with two attached hydrogens (primary N) is 1. The van der Waals surface area contributed by atoms with Gasteiger partial charge < -0.3 is 10.6 Å². The SMILES string of the molecule is C[C@H](N)c1ccc(N(CC2CC2)CC2CC2)cc1. The van der Waals surface area contributed by atoms with Crippen LogP contribution in [0, 0.1) is 11.8 Å². The Kier molecular flexibility index (Phi) is 3.29. The summed E-state index contributed by atoms with van der Waals surface area (Å²) in [5, 5.41) is 0. The largest absolute Gasteiger partial charge is 0.371 e. The molecule has 18 heavy (non-hydrogen) atoms. The van der Waals surface area contributed by atoms with E-state index in [1.54, 1.807) is 0 Å². The summed E-state index contributed by atoms with van der Waals surface area (Å²) in [6.07, 6.45) is 5.72. The number of rotatable bonds is 6. The van der Waals surface area contributed by atoms with Crippen LogP contribution in [0.2, 0.25) is 0 Å². The molecule has 0 saturated heterocycles. The van der Waals surface area contributed by atoms with Crippen LogP contribution in [0.4, 0.5) is 5.69 Å². The lowest BCUT2D eigenvalue weighted by atomic mass is 10.1. The molecule has 3 rings (SSSR count). The molecule has 2 fully saturated rings. The van der Waals surface area contributed by atoms with Gasteiger partial charge in [-0.25, -0.2) is 0 Å². The van der Waals surface area contributed by atoms with Crippen LogP contribution in [0.5, 0.6) is 0 Å². The van der Waals surface area contributed by atoms with E-state index >= 15 is 0 Å². The molecule has 98 valence electrons. The average Bonchev–Trinajstić information content (AvgIpc) is 3.23. The first-order valence-electron chi connectivity index (χ1n) is 7.33. The zero-order chi connectivity index (χ0) is 12.5. The van der Waals surface area contributed by atoms with Crippen molar-refractivity contribution in [2.75, 3.05) is 18.0 Å². The Morgan fingerprint density at radius 1 is 1.06 bits per heavy atom. The summed E-state index contributed by atoms with van der Waals surface area (Å²) in [5.41, 5.74) is 8.53. The minimum Gasteiger partial charge on any atom is -0.371 e. The fourth-order valence-electron chi connectivity index (χ4n) is 2.50. The summed E-state index contributed by atoms with van der Waals surface area (Å²) in [6, 6.07) is 9.02. The molecule has 0 heterocycles. The van der Waals surface area contributed by atoms with Crippen molar-refractivity contribution < 1.29 is 0 Å². The predicted molar refractivity (Wildman–Crippen MR) is 76.7 cm³/mol. The van der Waals surface area contributed by atoms with E-state index in [0.29, 0.717) is 0 Å². The van der Waals surface area contributed by atoms with Crippen molar-refractivity contribution in [3.63, 3.8) is 0 Å². The molecule has 2 saturated carbocycles. The molecule has 2 heteroatoms. The number of anilines is 1. The molecule has 0 spiro atoms. The van der Waals surface area contributed by atoms with Crippen LogP contribution in [0.15, 0.2) is 24.3 Å². The predicted octanol–water partition coefficient (Wildman–Crippen LogP) is 3.33. The van der Waals surface area contributed by atoms with Gasteiger partial charge in [0.25, 0.3) is 0 Å². The highest BCUT2D eigenvalue weighted by Crippen LogP contribution is 2.35. The van der Waals surface area contributed by atoms with Gasteiger partial charge in [0.2, 0.25) is 0 Å². The van der Waals surface area contributed by atoms with Crippen molar-refractivity contribution in [3.05, 3.63) is 29.8 Å². The van der Waals surface area contributed by atoms with Crippen molar-refractivity contribution in [2.24, 2.45) is 17.6 Å². The standard InChI is InChI=1S/C16H24N2/c1-12(17)15-6-8-16(9-7-15)18(10-13-2-3-13)11-14-4-5-14/h6-9,12-14H,2-5,10-11,17H2,1H3/t12-/m0/s1. The summed E-state index contributed by atoms with van der Waals surface area (Å²) < 4.78 is 0. The molecule has 0 radical (unpaired) electrons. The molecule has 0 unspecified atom stereocenters. The minimum atomic E-state index is 0.138. The maximum absolute atomic E-state index is 5.91. The summed E-state index contributed by atoms with van der Waals surface area (Å²) in [5.74, 6) is 1.91. The highest BCUT2D eigenvalue weighted by atomic mass is 15.1. The Labute approximate surface area is 110 Å². The van der Waals surface area contributed by atoms with E-state index in [2.05, 4.69) is 29.2 Å². The second kappa shape index (κ2) is 4.93. The lowest BCUT2D eigenvalue weighted by molar-refractivity contribution is 0.679. The van der Waals surface area contributed by atoms with Gasteiger partial charge in [0, 0.05) is 24.8 Å². The zero-order valence-electron chi connectivity index (χ0n) is 11.3. The third-order valence-electron chi connectivity index (χ3n) is 4.14. The average molecular weight is 244 g/mol. The van der Waals surface area contributed by atoms with Gasteiger partial charge in [0.1, 0.15) is 0 Å². The number of hydrogen-bond donors (Lipinski definition) is 1. The second-order valence-corrected chi connectivity index (χ2v) is 6.17. The van der Waals surface area contributed by atoms with Crippen LogP contribution in [0.25, 0.3) is 0 Å². The molecule has 1 aromatic carbocycles. The Balaban J connectivity index is 1.70. The van der Waals surface area contributed by atoms with E-state index in [0.717, 1.165) is 11.8 Å². The Bertz CT molecular complexity index is 374. The second-order valence-electron chi connectivity index (χ2n) is 6.17. The van der Waals surface area contributed by atoms with E-state index in [9.17, 15) is 0 Å². The molecule has 2 N–H and O–H groups in total. The van der Waals surface area contributed by atoms with Crippen LogP contribution in [0.3, 0.4) is 0 Å². The molecular formula is C16H24N2. The highest BCUT2D eigenvalue weighted by Gasteiger charge is 2.29. The van der Waals surface area contributed by atoms with Gasteiger partial charge in [0.05, 0.1) is 0 Å². The van der Waals surface area contributed by atoms with Gasteiger partial charge in [-0.05, 0) is 62.1 Å². The molecule has 0 amide bonds. The van der Waals surface area contributed by atoms with Crippen LogP contribution in [0.1, 0.15) is 44.2 Å². The van der Waals surface area contributed by atoms with Crippen molar-refractivity contribution in [3.8, 4) is 0 Å². The summed E-state index contributed by atoms with van der Waals surface area (Å²) >= 11 is 0. The molecule has 0 bridgehead atoms. The third kappa shape index (κ3) is 3.05. The lowest BCUT2D eigenvalue weighted by Crippen LogP contribution is -2.28. The van der Waals surface area contributed by atoms with Crippen LogP contribution < -0.4 is 10.6 Å². The Morgan fingerprint density at radius 3 is 1.94 bits per heavy atom. The fourth-order valence-corrected chi connectivity index (χ4v) is 2.50. The lowest BCUT2D eigenvalue weighted by Gasteiger charge is -2.25. The van der Waals surface area contributed by atoms with Crippen LogP contribution in [-0.4, -0.2) is 13.1 Å². The normalized spacial score (nSPS) is 20.8. The quantitative estimate of drug-likeness (QED) is 0.831. The number of benzene rings is 1. The highest BCUT2D eigenvalue weighted by molar-refractivity contribution is 5.48. The minimum absolute atomic E-state index is 0.138. The van der Waals surface area contributed by atoms with Crippen LogP contribution >= 0.6 is 0 Å². The van der Waals surface area contributed by atoms with Gasteiger partial charge in [-0.1, -0.05) is 12.1 Å². The van der Waals surface area contributed by atoms with E-state index in [4.69, 9.17) is 5.73 Å². The van der Waals surface area contributed by atoms with Crippen molar-refractivity contribution in [1.82, 2.24) is 0 Å². The van der Waals surface area contributed by atoms with E-state index < -0.39 is 0 Å². The maximum atomic E-state index is 5.91. The molecule has 2 nitrogen and oxygen atoms in total. The zero-order valence-corrected chi connectivity index (χ0v) is 11.3. The molecule has 2 aliphatic rings. The van der Waals surface area contributed by atoms with Gasteiger partial charge in [0.15, 0.2) is 0 Å². The Hall–Kier alpha value is -1.02. The maximum Gasteiger partial charge on any atom is 0.0366 e. The first-order valence-corrected chi connectivity index (χ1v) is 7.33. The molecule has 0 aliphatic heterocycles. The third-order valence-corrected chi connectivity index (χ3v) is 4.14. The van der Waals surface area contributed by atoms with Crippen molar-refractivity contribution in [2.45, 2.75) is 38.6 Å². The van der Waals surface area contributed by atoms with E-state index in [1.807, 2.05) is 6.92 Å². The smallest absolute Gasteiger partial charge is 0.0366 e.